The van der Waals surface area contributed by atoms with E-state index in [0.717, 1.165) is 11.5 Å². The van der Waals surface area contributed by atoms with E-state index in [2.05, 4.69) is 123 Å². The van der Waals surface area contributed by atoms with Gasteiger partial charge in [-0.05, 0) is 78.5 Å². The van der Waals surface area contributed by atoms with Gasteiger partial charge < -0.3 is 4.74 Å². The fourth-order valence-corrected chi connectivity index (χ4v) is 7.19. The van der Waals surface area contributed by atoms with Crippen molar-refractivity contribution in [1.82, 2.24) is 0 Å². The molecule has 7 aromatic carbocycles. The molecule has 0 saturated carbocycles. The quantitative estimate of drug-likeness (QED) is 0.211. The van der Waals surface area contributed by atoms with E-state index in [-0.39, 0.29) is 5.41 Å². The molecule has 0 amide bonds. The SMILES string of the molecule is CC1(C)c2cc(-c3ccc4c5c3ccc3ccc6cccc(c6c35)O4)ccc2-c2c1ccc1ccccc21. The molecule has 1 heteroatoms. The van der Waals surface area contributed by atoms with Crippen LogP contribution >= 0.6 is 0 Å². The third-order valence-electron chi connectivity index (χ3n) is 9.02. The third-order valence-corrected chi connectivity index (χ3v) is 9.02. The molecule has 1 aliphatic heterocycles. The van der Waals surface area contributed by atoms with Crippen molar-refractivity contribution in [2.75, 3.05) is 0 Å². The van der Waals surface area contributed by atoms with Crippen molar-refractivity contribution >= 4 is 43.1 Å². The molecule has 9 rings (SSSR count). The maximum absolute atomic E-state index is 6.47. The lowest BCUT2D eigenvalue weighted by atomic mass is 9.81. The molecule has 7 aromatic rings. The van der Waals surface area contributed by atoms with Gasteiger partial charge in [-0.15, -0.1) is 0 Å². The van der Waals surface area contributed by atoms with Crippen LogP contribution in [0.25, 0.3) is 65.3 Å². The summed E-state index contributed by atoms with van der Waals surface area (Å²) in [7, 11) is 0. The van der Waals surface area contributed by atoms with Crippen molar-refractivity contribution < 1.29 is 4.74 Å². The van der Waals surface area contributed by atoms with Gasteiger partial charge in [0.1, 0.15) is 11.5 Å². The zero-order chi connectivity index (χ0) is 25.2. The second-order valence-electron chi connectivity index (χ2n) is 11.3. The summed E-state index contributed by atoms with van der Waals surface area (Å²) in [5, 5.41) is 10.1. The topological polar surface area (TPSA) is 9.23 Å². The number of hydrogen-bond acceptors (Lipinski definition) is 1. The summed E-state index contributed by atoms with van der Waals surface area (Å²) in [4.78, 5) is 0. The van der Waals surface area contributed by atoms with Gasteiger partial charge in [-0.1, -0.05) is 105 Å². The Labute approximate surface area is 220 Å². The summed E-state index contributed by atoms with van der Waals surface area (Å²) < 4.78 is 6.47. The number of rotatable bonds is 1. The molecule has 0 spiro atoms. The van der Waals surface area contributed by atoms with Gasteiger partial charge in [0.25, 0.3) is 0 Å². The molecule has 0 bridgehead atoms. The van der Waals surface area contributed by atoms with Gasteiger partial charge in [0.2, 0.25) is 0 Å². The van der Waals surface area contributed by atoms with Crippen LogP contribution in [0.2, 0.25) is 0 Å². The Balaban J connectivity index is 1.33. The molecule has 2 aliphatic rings. The minimum Gasteiger partial charge on any atom is -0.456 e. The van der Waals surface area contributed by atoms with E-state index in [1.807, 2.05) is 0 Å². The fourth-order valence-electron chi connectivity index (χ4n) is 7.19. The third kappa shape index (κ3) is 2.42. The monoisotopic (exact) mass is 484 g/mol. The highest BCUT2D eigenvalue weighted by Crippen LogP contribution is 2.53. The van der Waals surface area contributed by atoms with Crippen molar-refractivity contribution in [3.05, 3.63) is 120 Å². The molecule has 0 N–H and O–H groups in total. The Hall–Kier alpha value is -4.62. The van der Waals surface area contributed by atoms with Crippen molar-refractivity contribution in [2.45, 2.75) is 19.3 Å². The first-order valence-corrected chi connectivity index (χ1v) is 13.4. The first-order valence-electron chi connectivity index (χ1n) is 13.4. The van der Waals surface area contributed by atoms with E-state index < -0.39 is 0 Å². The summed E-state index contributed by atoms with van der Waals surface area (Å²) >= 11 is 0. The molecular weight excluding hydrogens is 460 g/mol. The van der Waals surface area contributed by atoms with Gasteiger partial charge in [-0.25, -0.2) is 0 Å². The summed E-state index contributed by atoms with van der Waals surface area (Å²) in [6, 6.07) is 40.2. The molecule has 0 radical (unpaired) electrons. The Morgan fingerprint density at radius 2 is 1.24 bits per heavy atom. The predicted molar refractivity (Wildman–Crippen MR) is 160 cm³/mol. The summed E-state index contributed by atoms with van der Waals surface area (Å²) in [5.74, 6) is 1.89. The Bertz CT molecular complexity index is 2180. The second-order valence-corrected chi connectivity index (χ2v) is 11.3. The molecule has 1 nitrogen and oxygen atoms in total. The van der Waals surface area contributed by atoms with E-state index in [1.165, 1.54) is 76.5 Å². The second kappa shape index (κ2) is 6.82. The Morgan fingerprint density at radius 1 is 0.500 bits per heavy atom. The van der Waals surface area contributed by atoms with Gasteiger partial charge >= 0.3 is 0 Å². The van der Waals surface area contributed by atoms with Gasteiger partial charge in [-0.3, -0.25) is 0 Å². The highest BCUT2D eigenvalue weighted by atomic mass is 16.5. The van der Waals surface area contributed by atoms with Crippen LogP contribution in [0.15, 0.2) is 109 Å². The van der Waals surface area contributed by atoms with Crippen LogP contribution in [0.4, 0.5) is 0 Å². The van der Waals surface area contributed by atoms with Gasteiger partial charge in [0.05, 0.1) is 0 Å². The fraction of sp³-hybridized carbons (Fsp3) is 0.0811. The number of hydrogen-bond donors (Lipinski definition) is 0. The molecule has 1 aliphatic carbocycles. The van der Waals surface area contributed by atoms with Crippen LogP contribution in [-0.4, -0.2) is 0 Å². The molecule has 0 saturated heterocycles. The summed E-state index contributed by atoms with van der Waals surface area (Å²) in [6.07, 6.45) is 0. The maximum atomic E-state index is 6.47. The molecule has 38 heavy (non-hydrogen) atoms. The van der Waals surface area contributed by atoms with Gasteiger partial charge in [-0.2, -0.15) is 0 Å². The molecule has 0 unspecified atom stereocenters. The largest absolute Gasteiger partial charge is 0.456 e. The molecule has 0 fully saturated rings. The smallest absolute Gasteiger partial charge is 0.135 e. The summed E-state index contributed by atoms with van der Waals surface area (Å²) in [5.41, 5.74) is 8.01. The van der Waals surface area contributed by atoms with Crippen LogP contribution in [0.5, 0.6) is 11.5 Å². The Morgan fingerprint density at radius 3 is 2.16 bits per heavy atom. The first kappa shape index (κ1) is 20.4. The van der Waals surface area contributed by atoms with E-state index >= 15 is 0 Å². The van der Waals surface area contributed by atoms with Crippen molar-refractivity contribution in [3.63, 3.8) is 0 Å². The first-order chi connectivity index (χ1) is 18.6. The zero-order valence-corrected chi connectivity index (χ0v) is 21.3. The average Bonchev–Trinajstić information content (AvgIpc) is 3.19. The molecule has 0 atom stereocenters. The van der Waals surface area contributed by atoms with E-state index in [0.29, 0.717) is 0 Å². The van der Waals surface area contributed by atoms with Crippen molar-refractivity contribution in [2.24, 2.45) is 0 Å². The van der Waals surface area contributed by atoms with Crippen LogP contribution in [-0.2, 0) is 5.41 Å². The molecular formula is C37H24O. The number of ether oxygens (including phenoxy) is 1. The lowest BCUT2D eigenvalue weighted by Crippen LogP contribution is -2.15. The van der Waals surface area contributed by atoms with Gasteiger partial charge in [0, 0.05) is 21.6 Å². The number of benzene rings is 7. The van der Waals surface area contributed by atoms with Crippen LogP contribution < -0.4 is 4.74 Å². The minimum atomic E-state index is -0.0627. The van der Waals surface area contributed by atoms with E-state index in [1.54, 1.807) is 0 Å². The van der Waals surface area contributed by atoms with Crippen LogP contribution in [0.3, 0.4) is 0 Å². The van der Waals surface area contributed by atoms with Gasteiger partial charge in [0.15, 0.2) is 0 Å². The highest BCUT2D eigenvalue weighted by molar-refractivity contribution is 6.26. The number of fused-ring (bicyclic) bond motifs is 5. The van der Waals surface area contributed by atoms with Crippen LogP contribution in [0.1, 0.15) is 25.0 Å². The lowest BCUT2D eigenvalue weighted by Gasteiger charge is -2.23. The standard InChI is InChI=1S/C37H24O/c1-37(2)29-18-14-21-6-3-4-8-26(21)35(29)28-16-13-24(20-30(28)37)25-17-19-32-36-27(25)15-12-23-11-10-22-7-5-9-31(38-32)33(22)34(23)36/h3-20H,1-2H3. The Kier molecular flexibility index (Phi) is 3.67. The average molecular weight is 485 g/mol. The van der Waals surface area contributed by atoms with Crippen molar-refractivity contribution in [1.29, 1.82) is 0 Å². The molecule has 1 heterocycles. The van der Waals surface area contributed by atoms with E-state index in [4.69, 9.17) is 4.74 Å². The zero-order valence-electron chi connectivity index (χ0n) is 21.3. The predicted octanol–water partition coefficient (Wildman–Crippen LogP) is 10.4. The normalized spacial score (nSPS) is 14.5. The molecule has 0 aromatic heterocycles. The lowest BCUT2D eigenvalue weighted by molar-refractivity contribution is 0.493. The summed E-state index contributed by atoms with van der Waals surface area (Å²) in [6.45, 7) is 4.73. The maximum Gasteiger partial charge on any atom is 0.135 e. The minimum absolute atomic E-state index is 0.0627. The van der Waals surface area contributed by atoms with Crippen LogP contribution in [0, 0.1) is 0 Å². The van der Waals surface area contributed by atoms with Crippen molar-refractivity contribution in [3.8, 4) is 33.8 Å². The van der Waals surface area contributed by atoms with E-state index in [9.17, 15) is 0 Å². The molecule has 178 valence electrons. The highest BCUT2D eigenvalue weighted by Gasteiger charge is 2.36.